The maximum Gasteiger partial charge on any atom is 0.261 e. The van der Waals surface area contributed by atoms with Crippen molar-refractivity contribution in [3.05, 3.63) is 66.4 Å². The number of pyridine rings is 1. The standard InChI is InChI=1S/C20H18F2N2O2S/c21-20(22)9-10-24(14-20)13-16-6-4-5-15-11-18(12-23-19(15)16)27(25,26)17-7-2-1-3-8-17/h1-8,11-12H,9-10,13-14H2. The van der Waals surface area contributed by atoms with Crippen LogP contribution in [0.15, 0.2) is 70.6 Å². The van der Waals surface area contributed by atoms with Crippen LogP contribution in [0.1, 0.15) is 12.0 Å². The molecule has 0 saturated carbocycles. The van der Waals surface area contributed by atoms with Gasteiger partial charge in [0.2, 0.25) is 9.84 Å². The number of para-hydroxylation sites is 1. The number of halogens is 2. The van der Waals surface area contributed by atoms with Gasteiger partial charge in [-0.2, -0.15) is 0 Å². The van der Waals surface area contributed by atoms with Crippen LogP contribution in [0.3, 0.4) is 0 Å². The molecule has 0 aliphatic carbocycles. The summed E-state index contributed by atoms with van der Waals surface area (Å²) in [7, 11) is -3.65. The smallest absolute Gasteiger partial charge is 0.261 e. The highest BCUT2D eigenvalue weighted by Crippen LogP contribution is 2.30. The summed E-state index contributed by atoms with van der Waals surface area (Å²) in [5.41, 5.74) is 1.45. The molecule has 0 N–H and O–H groups in total. The lowest BCUT2D eigenvalue weighted by Crippen LogP contribution is -2.25. The third-order valence-corrected chi connectivity index (χ3v) is 6.51. The summed E-state index contributed by atoms with van der Waals surface area (Å²) in [6.07, 6.45) is 1.21. The van der Waals surface area contributed by atoms with Gasteiger partial charge in [0.05, 0.1) is 21.9 Å². The van der Waals surface area contributed by atoms with Crippen LogP contribution in [0.5, 0.6) is 0 Å². The van der Waals surface area contributed by atoms with Crippen LogP contribution in [0, 0.1) is 0 Å². The van der Waals surface area contributed by atoms with Gasteiger partial charge < -0.3 is 0 Å². The van der Waals surface area contributed by atoms with Gasteiger partial charge in [0.25, 0.3) is 5.92 Å². The highest BCUT2D eigenvalue weighted by atomic mass is 32.2. The van der Waals surface area contributed by atoms with Crippen LogP contribution in [0.2, 0.25) is 0 Å². The zero-order valence-corrected chi connectivity index (χ0v) is 15.3. The van der Waals surface area contributed by atoms with E-state index in [-0.39, 0.29) is 22.8 Å². The fourth-order valence-corrected chi connectivity index (χ4v) is 4.66. The summed E-state index contributed by atoms with van der Waals surface area (Å²) in [6, 6.07) is 15.2. The van der Waals surface area contributed by atoms with E-state index in [0.29, 0.717) is 24.0 Å². The molecule has 4 rings (SSSR count). The molecule has 2 heterocycles. The van der Waals surface area contributed by atoms with Crippen LogP contribution < -0.4 is 0 Å². The summed E-state index contributed by atoms with van der Waals surface area (Å²) < 4.78 is 52.4. The molecule has 3 aromatic rings. The average molecular weight is 388 g/mol. The number of sulfone groups is 1. The highest BCUT2D eigenvalue weighted by molar-refractivity contribution is 7.91. The number of fused-ring (bicyclic) bond motifs is 1. The van der Waals surface area contributed by atoms with Gasteiger partial charge >= 0.3 is 0 Å². The van der Waals surface area contributed by atoms with Gasteiger partial charge in [-0.25, -0.2) is 17.2 Å². The summed E-state index contributed by atoms with van der Waals surface area (Å²) in [4.78, 5) is 6.38. The monoisotopic (exact) mass is 388 g/mol. The zero-order valence-electron chi connectivity index (χ0n) is 14.5. The third kappa shape index (κ3) is 3.57. The molecule has 0 amide bonds. The first kappa shape index (κ1) is 18.0. The van der Waals surface area contributed by atoms with Crippen molar-refractivity contribution in [1.82, 2.24) is 9.88 Å². The van der Waals surface area contributed by atoms with Crippen molar-refractivity contribution in [2.24, 2.45) is 0 Å². The molecule has 140 valence electrons. The number of likely N-dealkylation sites (tertiary alicyclic amines) is 1. The molecule has 27 heavy (non-hydrogen) atoms. The Labute approximate surface area is 156 Å². The average Bonchev–Trinajstić information content (AvgIpc) is 3.00. The van der Waals surface area contributed by atoms with Crippen LogP contribution in [-0.2, 0) is 16.4 Å². The molecule has 0 bridgehead atoms. The quantitative estimate of drug-likeness (QED) is 0.680. The van der Waals surface area contributed by atoms with Gasteiger partial charge in [-0.1, -0.05) is 36.4 Å². The van der Waals surface area contributed by atoms with Crippen molar-refractivity contribution in [3.8, 4) is 0 Å². The second-order valence-electron chi connectivity index (χ2n) is 6.79. The van der Waals surface area contributed by atoms with Gasteiger partial charge in [0.15, 0.2) is 0 Å². The first-order valence-corrected chi connectivity index (χ1v) is 10.1. The van der Waals surface area contributed by atoms with E-state index < -0.39 is 15.8 Å². The second kappa shape index (κ2) is 6.65. The zero-order chi connectivity index (χ0) is 19.1. The SMILES string of the molecule is O=S(=O)(c1ccccc1)c1cnc2c(CN3CCC(F)(F)C3)cccc2c1. The molecule has 7 heteroatoms. The van der Waals surface area contributed by atoms with E-state index in [0.717, 1.165) is 5.56 Å². The summed E-state index contributed by atoms with van der Waals surface area (Å²) in [5.74, 6) is -2.64. The topological polar surface area (TPSA) is 50.3 Å². The molecule has 0 unspecified atom stereocenters. The first-order chi connectivity index (χ1) is 12.9. The van der Waals surface area contributed by atoms with Crippen molar-refractivity contribution < 1.29 is 17.2 Å². The van der Waals surface area contributed by atoms with Gasteiger partial charge in [-0.15, -0.1) is 0 Å². The number of alkyl halides is 2. The van der Waals surface area contributed by atoms with Crippen molar-refractivity contribution in [2.45, 2.75) is 28.7 Å². The number of hydrogen-bond acceptors (Lipinski definition) is 4. The fraction of sp³-hybridized carbons (Fsp3) is 0.250. The van der Waals surface area contributed by atoms with E-state index in [4.69, 9.17) is 0 Å². The van der Waals surface area contributed by atoms with E-state index >= 15 is 0 Å². The molecule has 1 aliphatic rings. The molecule has 0 atom stereocenters. The largest absolute Gasteiger partial charge is 0.293 e. The van der Waals surface area contributed by atoms with Crippen molar-refractivity contribution in [2.75, 3.05) is 13.1 Å². The summed E-state index contributed by atoms with van der Waals surface area (Å²) in [5, 5.41) is 0.676. The molecule has 0 spiro atoms. The normalized spacial score (nSPS) is 17.4. The molecule has 1 fully saturated rings. The lowest BCUT2D eigenvalue weighted by atomic mass is 10.1. The van der Waals surface area contributed by atoms with E-state index in [9.17, 15) is 17.2 Å². The Morgan fingerprint density at radius 1 is 1.04 bits per heavy atom. The predicted molar refractivity (Wildman–Crippen MR) is 98.5 cm³/mol. The summed E-state index contributed by atoms with van der Waals surface area (Å²) >= 11 is 0. The highest BCUT2D eigenvalue weighted by Gasteiger charge is 2.38. The first-order valence-electron chi connectivity index (χ1n) is 8.63. The van der Waals surface area contributed by atoms with E-state index in [1.807, 2.05) is 6.07 Å². The van der Waals surface area contributed by atoms with Gasteiger partial charge in [0, 0.05) is 31.1 Å². The Bertz CT molecular complexity index is 1090. The lowest BCUT2D eigenvalue weighted by Gasteiger charge is -2.16. The lowest BCUT2D eigenvalue weighted by molar-refractivity contribution is 0.0115. The van der Waals surface area contributed by atoms with Crippen molar-refractivity contribution >= 4 is 20.7 Å². The Balaban J connectivity index is 1.69. The molecule has 4 nitrogen and oxygen atoms in total. The Morgan fingerprint density at radius 3 is 2.52 bits per heavy atom. The van der Waals surface area contributed by atoms with Crippen LogP contribution in [-0.4, -0.2) is 37.3 Å². The van der Waals surface area contributed by atoms with Crippen LogP contribution >= 0.6 is 0 Å². The number of benzene rings is 2. The van der Waals surface area contributed by atoms with Crippen LogP contribution in [0.25, 0.3) is 10.9 Å². The van der Waals surface area contributed by atoms with Crippen molar-refractivity contribution in [3.63, 3.8) is 0 Å². The van der Waals surface area contributed by atoms with Crippen LogP contribution in [0.4, 0.5) is 8.78 Å². The maximum atomic E-state index is 13.4. The molecular formula is C20H18F2N2O2S. The fourth-order valence-electron chi connectivity index (χ4n) is 3.40. The molecule has 0 radical (unpaired) electrons. The van der Waals surface area contributed by atoms with Gasteiger partial charge in [-0.05, 0) is 23.8 Å². The Morgan fingerprint density at radius 2 is 1.81 bits per heavy atom. The second-order valence-corrected chi connectivity index (χ2v) is 8.74. The number of rotatable bonds is 4. The minimum atomic E-state index is -3.65. The Kier molecular flexibility index (Phi) is 4.44. The molecular weight excluding hydrogens is 370 g/mol. The Hall–Kier alpha value is -2.38. The van der Waals surface area contributed by atoms with E-state index in [1.165, 1.54) is 6.20 Å². The maximum absolute atomic E-state index is 13.4. The van der Waals surface area contributed by atoms with E-state index in [1.54, 1.807) is 53.4 Å². The predicted octanol–water partition coefficient (Wildman–Crippen LogP) is 3.91. The third-order valence-electron chi connectivity index (χ3n) is 4.78. The molecule has 1 saturated heterocycles. The minimum absolute atomic E-state index is 0.117. The number of aromatic nitrogens is 1. The summed E-state index contributed by atoms with van der Waals surface area (Å²) in [6.45, 7) is 0.443. The number of hydrogen-bond donors (Lipinski definition) is 0. The van der Waals surface area contributed by atoms with Gasteiger partial charge in [-0.3, -0.25) is 9.88 Å². The molecule has 1 aliphatic heterocycles. The van der Waals surface area contributed by atoms with Crippen molar-refractivity contribution in [1.29, 1.82) is 0 Å². The molecule has 1 aromatic heterocycles. The van der Waals surface area contributed by atoms with E-state index in [2.05, 4.69) is 4.98 Å². The van der Waals surface area contributed by atoms with Gasteiger partial charge in [0.1, 0.15) is 0 Å². The number of nitrogens with zero attached hydrogens (tertiary/aromatic N) is 2. The molecule has 2 aromatic carbocycles. The minimum Gasteiger partial charge on any atom is -0.293 e.